The van der Waals surface area contributed by atoms with Crippen LogP contribution in [0.15, 0.2) is 23.1 Å². The second kappa shape index (κ2) is 6.90. The lowest BCUT2D eigenvalue weighted by Gasteiger charge is -2.29. The molecule has 122 valence electrons. The molecule has 1 fully saturated rings. The summed E-state index contributed by atoms with van der Waals surface area (Å²) in [6, 6.07) is 4.44. The summed E-state index contributed by atoms with van der Waals surface area (Å²) in [5, 5.41) is 0.320. The van der Waals surface area contributed by atoms with E-state index in [0.29, 0.717) is 43.0 Å². The van der Waals surface area contributed by atoms with Gasteiger partial charge in [0.2, 0.25) is 0 Å². The number of ether oxygens (including phenoxy) is 1. The van der Waals surface area contributed by atoms with Crippen LogP contribution in [0.5, 0.6) is 0 Å². The second-order valence-corrected chi connectivity index (χ2v) is 6.21. The molecule has 2 N–H and O–H groups in total. The van der Waals surface area contributed by atoms with Crippen molar-refractivity contribution < 1.29 is 9.13 Å². The first-order chi connectivity index (χ1) is 11.1. The fraction of sp³-hybridized carbons (Fsp3) is 0.333. The van der Waals surface area contributed by atoms with E-state index in [9.17, 15) is 4.39 Å². The summed E-state index contributed by atoms with van der Waals surface area (Å²) in [6.07, 6.45) is 1.91. The van der Waals surface area contributed by atoms with Gasteiger partial charge in [0, 0.05) is 18.8 Å². The summed E-state index contributed by atoms with van der Waals surface area (Å²) in [5.41, 5.74) is 6.23. The van der Waals surface area contributed by atoms with E-state index in [1.807, 2.05) is 6.26 Å². The van der Waals surface area contributed by atoms with E-state index in [4.69, 9.17) is 22.1 Å². The van der Waals surface area contributed by atoms with Gasteiger partial charge in [0.1, 0.15) is 16.8 Å². The second-order valence-electron chi connectivity index (χ2n) is 5.03. The Balaban J connectivity index is 2.09. The number of hydrogen-bond donors (Lipinski definition) is 1. The lowest BCUT2D eigenvalue weighted by Crippen LogP contribution is -2.37. The third kappa shape index (κ3) is 3.36. The molecule has 0 atom stereocenters. The van der Waals surface area contributed by atoms with Gasteiger partial charge in [-0.05, 0) is 24.5 Å². The predicted octanol–water partition coefficient (Wildman–Crippen LogP) is 3.08. The average Bonchev–Trinajstić information content (AvgIpc) is 2.55. The minimum atomic E-state index is -0.467. The molecule has 2 aromatic rings. The fourth-order valence-electron chi connectivity index (χ4n) is 2.41. The van der Waals surface area contributed by atoms with Gasteiger partial charge in [0.25, 0.3) is 0 Å². The van der Waals surface area contributed by atoms with Crippen LogP contribution in [0.2, 0.25) is 5.15 Å². The van der Waals surface area contributed by atoms with Crippen molar-refractivity contribution in [3.63, 3.8) is 0 Å². The number of thioether (sulfide) groups is 1. The molecule has 0 aliphatic carbocycles. The van der Waals surface area contributed by atoms with Gasteiger partial charge in [-0.25, -0.2) is 14.4 Å². The van der Waals surface area contributed by atoms with Crippen molar-refractivity contribution in [2.45, 2.75) is 4.90 Å². The zero-order chi connectivity index (χ0) is 16.4. The zero-order valence-electron chi connectivity index (χ0n) is 12.6. The maximum atomic E-state index is 14.2. The highest BCUT2D eigenvalue weighted by molar-refractivity contribution is 7.98. The van der Waals surface area contributed by atoms with Gasteiger partial charge in [-0.1, -0.05) is 11.6 Å². The average molecular weight is 355 g/mol. The Morgan fingerprint density at radius 2 is 2.04 bits per heavy atom. The molecule has 1 aromatic carbocycles. The van der Waals surface area contributed by atoms with Gasteiger partial charge in [0.05, 0.1) is 23.7 Å². The van der Waals surface area contributed by atoms with Crippen molar-refractivity contribution in [3.05, 3.63) is 29.2 Å². The standard InChI is InChI=1S/C15H16ClFN4OS/c1-23-12-13(16)19-14(10-3-2-9(18)8-11(10)17)20-15(12)21-4-6-22-7-5-21/h2-3,8H,4-7,18H2,1H3. The van der Waals surface area contributed by atoms with Crippen LogP contribution in [0.1, 0.15) is 0 Å². The molecular formula is C15H16ClFN4OS. The van der Waals surface area contributed by atoms with Gasteiger partial charge in [-0.3, -0.25) is 0 Å². The van der Waals surface area contributed by atoms with Gasteiger partial charge >= 0.3 is 0 Å². The number of anilines is 2. The molecule has 1 aliphatic rings. The van der Waals surface area contributed by atoms with E-state index in [1.165, 1.54) is 17.8 Å². The smallest absolute Gasteiger partial charge is 0.166 e. The minimum Gasteiger partial charge on any atom is -0.399 e. The molecule has 0 spiro atoms. The fourth-order valence-corrected chi connectivity index (χ4v) is 3.38. The first-order valence-corrected chi connectivity index (χ1v) is 8.70. The van der Waals surface area contributed by atoms with Crippen LogP contribution in [0.3, 0.4) is 0 Å². The van der Waals surface area contributed by atoms with Gasteiger partial charge in [-0.15, -0.1) is 11.8 Å². The lowest BCUT2D eigenvalue weighted by molar-refractivity contribution is 0.122. The first kappa shape index (κ1) is 16.3. The quantitative estimate of drug-likeness (QED) is 0.519. The van der Waals surface area contributed by atoms with Crippen LogP contribution in [0, 0.1) is 5.82 Å². The van der Waals surface area contributed by atoms with Crippen LogP contribution < -0.4 is 10.6 Å². The number of nitrogen functional groups attached to an aromatic ring is 1. The van der Waals surface area contributed by atoms with Crippen LogP contribution in [-0.4, -0.2) is 42.5 Å². The highest BCUT2D eigenvalue weighted by Crippen LogP contribution is 2.35. The van der Waals surface area contributed by atoms with E-state index in [1.54, 1.807) is 12.1 Å². The molecule has 0 saturated carbocycles. The number of aromatic nitrogens is 2. The maximum absolute atomic E-state index is 14.2. The molecule has 0 unspecified atom stereocenters. The van der Waals surface area contributed by atoms with Gasteiger partial charge < -0.3 is 15.4 Å². The van der Waals surface area contributed by atoms with Crippen molar-refractivity contribution in [2.24, 2.45) is 0 Å². The van der Waals surface area contributed by atoms with E-state index in [0.717, 1.165) is 4.90 Å². The van der Waals surface area contributed by atoms with Crippen LogP contribution >= 0.6 is 23.4 Å². The zero-order valence-corrected chi connectivity index (χ0v) is 14.1. The molecule has 1 aliphatic heterocycles. The molecule has 8 heteroatoms. The Bertz CT molecular complexity index is 725. The van der Waals surface area contributed by atoms with E-state index in [2.05, 4.69) is 14.9 Å². The number of nitrogens with zero attached hydrogens (tertiary/aromatic N) is 3. The largest absolute Gasteiger partial charge is 0.399 e. The Kier molecular flexibility index (Phi) is 4.89. The Morgan fingerprint density at radius 3 is 2.70 bits per heavy atom. The highest BCUT2D eigenvalue weighted by atomic mass is 35.5. The third-order valence-corrected chi connectivity index (χ3v) is 4.72. The van der Waals surface area contributed by atoms with Crippen LogP contribution in [0.25, 0.3) is 11.4 Å². The van der Waals surface area contributed by atoms with Gasteiger partial charge in [-0.2, -0.15) is 0 Å². The first-order valence-electron chi connectivity index (χ1n) is 7.09. The van der Waals surface area contributed by atoms with Crippen LogP contribution in [0.4, 0.5) is 15.9 Å². The molecule has 1 saturated heterocycles. The summed E-state index contributed by atoms with van der Waals surface area (Å²) in [7, 11) is 0. The predicted molar refractivity (Wildman–Crippen MR) is 91.7 cm³/mol. The Labute approximate surface area is 143 Å². The van der Waals surface area contributed by atoms with Crippen molar-refractivity contribution in [1.29, 1.82) is 0 Å². The highest BCUT2D eigenvalue weighted by Gasteiger charge is 2.21. The van der Waals surface area contributed by atoms with Crippen LogP contribution in [-0.2, 0) is 4.74 Å². The molecule has 3 rings (SSSR count). The molecule has 1 aromatic heterocycles. The van der Waals surface area contributed by atoms with E-state index < -0.39 is 5.82 Å². The van der Waals surface area contributed by atoms with Crippen molar-refractivity contribution >= 4 is 34.9 Å². The molecule has 0 radical (unpaired) electrons. The maximum Gasteiger partial charge on any atom is 0.166 e. The number of rotatable bonds is 3. The van der Waals surface area contributed by atoms with Crippen molar-refractivity contribution in [2.75, 3.05) is 43.2 Å². The van der Waals surface area contributed by atoms with E-state index >= 15 is 0 Å². The molecule has 2 heterocycles. The summed E-state index contributed by atoms with van der Waals surface area (Å²) in [5.74, 6) is 0.504. The minimum absolute atomic E-state index is 0.256. The monoisotopic (exact) mass is 354 g/mol. The molecule has 0 bridgehead atoms. The summed E-state index contributed by atoms with van der Waals surface area (Å²) >= 11 is 7.78. The molecule has 0 amide bonds. The number of halogens is 2. The number of benzene rings is 1. The van der Waals surface area contributed by atoms with Crippen molar-refractivity contribution in [3.8, 4) is 11.4 Å². The topological polar surface area (TPSA) is 64.3 Å². The molecule has 5 nitrogen and oxygen atoms in total. The summed E-state index contributed by atoms with van der Waals surface area (Å²) in [4.78, 5) is 11.7. The summed E-state index contributed by atoms with van der Waals surface area (Å²) < 4.78 is 19.6. The van der Waals surface area contributed by atoms with E-state index in [-0.39, 0.29) is 11.4 Å². The van der Waals surface area contributed by atoms with Gasteiger partial charge in [0.15, 0.2) is 5.82 Å². The lowest BCUT2D eigenvalue weighted by atomic mass is 10.2. The summed E-state index contributed by atoms with van der Waals surface area (Å²) in [6.45, 7) is 2.68. The number of morpholine rings is 1. The molecular weight excluding hydrogens is 339 g/mol. The molecule has 23 heavy (non-hydrogen) atoms. The number of hydrogen-bond acceptors (Lipinski definition) is 6. The Hall–Kier alpha value is -1.57. The number of nitrogens with two attached hydrogens (primary N) is 1. The Morgan fingerprint density at radius 1 is 1.30 bits per heavy atom. The van der Waals surface area contributed by atoms with Crippen molar-refractivity contribution in [1.82, 2.24) is 9.97 Å². The normalized spacial score (nSPS) is 15.0. The third-order valence-electron chi connectivity index (χ3n) is 3.56. The SMILES string of the molecule is CSc1c(Cl)nc(-c2ccc(N)cc2F)nc1N1CCOCC1.